The number of aromatic nitrogens is 2. The van der Waals surface area contributed by atoms with Crippen LogP contribution < -0.4 is 0 Å². The molecule has 2 rings (SSSR count). The molecule has 6 nitrogen and oxygen atoms in total. The van der Waals surface area contributed by atoms with Gasteiger partial charge in [0.25, 0.3) is 0 Å². The Morgan fingerprint density at radius 2 is 1.85 bits per heavy atom. The molecule has 144 valence electrons. The molecule has 0 spiro atoms. The van der Waals surface area contributed by atoms with Crippen molar-refractivity contribution in [2.24, 2.45) is 5.16 Å². The molecule has 0 radical (unpaired) electrons. The Balaban J connectivity index is 2.12. The van der Waals surface area contributed by atoms with E-state index >= 15 is 0 Å². The Morgan fingerprint density at radius 1 is 1.11 bits per heavy atom. The van der Waals surface area contributed by atoms with Crippen LogP contribution in [0.4, 0.5) is 13.2 Å². The second-order valence-electron chi connectivity index (χ2n) is 5.63. The quantitative estimate of drug-likeness (QED) is 0.404. The highest BCUT2D eigenvalue weighted by atomic mass is 19.4. The molecule has 0 atom stereocenters. The summed E-state index contributed by atoms with van der Waals surface area (Å²) in [6.07, 6.45) is 0.241. The molecule has 0 aliphatic heterocycles. The second-order valence-corrected chi connectivity index (χ2v) is 5.63. The summed E-state index contributed by atoms with van der Waals surface area (Å²) in [4.78, 5) is 23.7. The minimum atomic E-state index is -4.48. The fraction of sp³-hybridized carbons (Fsp3) is 0.333. The van der Waals surface area contributed by atoms with E-state index < -0.39 is 17.7 Å². The highest BCUT2D eigenvalue weighted by molar-refractivity contribution is 6.10. The van der Waals surface area contributed by atoms with Gasteiger partial charge in [0.1, 0.15) is 6.61 Å². The van der Waals surface area contributed by atoms with Gasteiger partial charge >= 0.3 is 12.1 Å². The van der Waals surface area contributed by atoms with Gasteiger partial charge in [0.05, 0.1) is 5.56 Å². The standard InChI is InChI=1S/C18H18F3N3O3/c19-18(20,21)14-7-4-6-13(12-14)16(17-22-9-5-10-23-17)24-27-11-3-1-2-8-15(25)26/h4-7,9-10,12H,1-3,8,11H2,(H,25,26)/b24-16+. The Labute approximate surface area is 153 Å². The van der Waals surface area contributed by atoms with E-state index in [1.54, 1.807) is 6.07 Å². The summed E-state index contributed by atoms with van der Waals surface area (Å²) in [7, 11) is 0. The van der Waals surface area contributed by atoms with Crippen molar-refractivity contribution >= 4 is 11.7 Å². The molecule has 2 aromatic rings. The van der Waals surface area contributed by atoms with E-state index in [2.05, 4.69) is 15.1 Å². The predicted octanol–water partition coefficient (Wildman–Crippen LogP) is 3.91. The zero-order chi connectivity index (χ0) is 19.7. The molecule has 0 aliphatic rings. The van der Waals surface area contributed by atoms with E-state index in [1.165, 1.54) is 24.5 Å². The number of hydrogen-bond donors (Lipinski definition) is 1. The summed E-state index contributed by atoms with van der Waals surface area (Å²) in [6, 6.07) is 6.27. The number of nitrogens with zero attached hydrogens (tertiary/aromatic N) is 3. The van der Waals surface area contributed by atoms with Crippen LogP contribution in [0.1, 0.15) is 42.6 Å². The maximum Gasteiger partial charge on any atom is 0.416 e. The smallest absolute Gasteiger partial charge is 0.416 e. The lowest BCUT2D eigenvalue weighted by Crippen LogP contribution is -2.12. The van der Waals surface area contributed by atoms with Gasteiger partial charge < -0.3 is 9.94 Å². The molecule has 9 heteroatoms. The largest absolute Gasteiger partial charge is 0.481 e. The molecule has 0 saturated heterocycles. The van der Waals surface area contributed by atoms with Gasteiger partial charge in [0, 0.05) is 24.4 Å². The Kier molecular flexibility index (Phi) is 7.27. The number of carboxylic acids is 1. The fourth-order valence-electron chi connectivity index (χ4n) is 2.22. The lowest BCUT2D eigenvalue weighted by atomic mass is 10.1. The third kappa shape index (κ3) is 6.69. The van der Waals surface area contributed by atoms with Crippen molar-refractivity contribution in [3.05, 3.63) is 59.7 Å². The summed E-state index contributed by atoms with van der Waals surface area (Å²) >= 11 is 0. The van der Waals surface area contributed by atoms with E-state index in [1.807, 2.05) is 0 Å². The van der Waals surface area contributed by atoms with Gasteiger partial charge in [0.15, 0.2) is 11.5 Å². The van der Waals surface area contributed by atoms with Crippen molar-refractivity contribution in [3.8, 4) is 0 Å². The minimum absolute atomic E-state index is 0.0800. The maximum absolute atomic E-state index is 13.0. The molecule has 0 fully saturated rings. The number of rotatable bonds is 9. The van der Waals surface area contributed by atoms with Crippen LogP contribution in [-0.4, -0.2) is 33.4 Å². The van der Waals surface area contributed by atoms with Crippen LogP contribution in [0.2, 0.25) is 0 Å². The Hall–Kier alpha value is -2.97. The number of aliphatic carboxylic acids is 1. The van der Waals surface area contributed by atoms with Crippen LogP contribution in [0.3, 0.4) is 0 Å². The average molecular weight is 381 g/mol. The summed E-state index contributed by atoms with van der Waals surface area (Å²) in [5.74, 6) is -0.718. The third-order valence-corrected chi connectivity index (χ3v) is 3.52. The topological polar surface area (TPSA) is 84.7 Å². The van der Waals surface area contributed by atoms with Crippen molar-refractivity contribution in [1.29, 1.82) is 0 Å². The normalized spacial score (nSPS) is 12.0. The molecule has 1 aromatic carbocycles. The van der Waals surface area contributed by atoms with Crippen molar-refractivity contribution in [1.82, 2.24) is 9.97 Å². The number of carbonyl (C=O) groups is 1. The average Bonchev–Trinajstić information content (AvgIpc) is 2.64. The molecule has 1 N–H and O–H groups in total. The van der Waals surface area contributed by atoms with Gasteiger partial charge in [-0.3, -0.25) is 4.79 Å². The summed E-state index contributed by atoms with van der Waals surface area (Å²) in [6.45, 7) is 0.203. The van der Waals surface area contributed by atoms with Crippen molar-refractivity contribution in [3.63, 3.8) is 0 Å². The van der Waals surface area contributed by atoms with E-state index in [-0.39, 0.29) is 30.1 Å². The summed E-state index contributed by atoms with van der Waals surface area (Å²) in [5, 5.41) is 12.5. The second kappa shape index (κ2) is 9.65. The Morgan fingerprint density at radius 3 is 2.52 bits per heavy atom. The lowest BCUT2D eigenvalue weighted by molar-refractivity contribution is -0.138. The van der Waals surface area contributed by atoms with Crippen LogP contribution in [0, 0.1) is 0 Å². The van der Waals surface area contributed by atoms with Crippen molar-refractivity contribution in [2.45, 2.75) is 31.9 Å². The maximum atomic E-state index is 13.0. The number of benzene rings is 1. The predicted molar refractivity (Wildman–Crippen MR) is 91.2 cm³/mol. The molecule has 0 unspecified atom stereocenters. The van der Waals surface area contributed by atoms with Gasteiger partial charge in [0.2, 0.25) is 0 Å². The molecule has 27 heavy (non-hydrogen) atoms. The number of oxime groups is 1. The van der Waals surface area contributed by atoms with E-state index in [0.717, 1.165) is 12.1 Å². The number of unbranched alkanes of at least 4 members (excludes halogenated alkanes) is 2. The van der Waals surface area contributed by atoms with Gasteiger partial charge in [-0.25, -0.2) is 9.97 Å². The van der Waals surface area contributed by atoms with Crippen LogP contribution >= 0.6 is 0 Å². The number of hydrogen-bond acceptors (Lipinski definition) is 5. The van der Waals surface area contributed by atoms with Crippen LogP contribution in [0.15, 0.2) is 47.9 Å². The molecular weight excluding hydrogens is 363 g/mol. The zero-order valence-corrected chi connectivity index (χ0v) is 14.3. The molecule has 1 heterocycles. The molecule has 0 bridgehead atoms. The lowest BCUT2D eigenvalue weighted by Gasteiger charge is -2.10. The number of alkyl halides is 3. The molecule has 0 saturated carbocycles. The van der Waals surface area contributed by atoms with Crippen LogP contribution in [0.5, 0.6) is 0 Å². The SMILES string of the molecule is O=C(O)CCCCCO/N=C(\c1cccc(C(F)(F)F)c1)c1ncccn1. The first-order chi connectivity index (χ1) is 12.9. The van der Waals surface area contributed by atoms with Crippen molar-refractivity contribution < 1.29 is 27.9 Å². The number of carboxylic acid groups (broad SMARTS) is 1. The van der Waals surface area contributed by atoms with Crippen LogP contribution in [0.25, 0.3) is 0 Å². The van der Waals surface area contributed by atoms with Crippen LogP contribution in [-0.2, 0) is 15.8 Å². The van der Waals surface area contributed by atoms with E-state index in [9.17, 15) is 18.0 Å². The first-order valence-corrected chi connectivity index (χ1v) is 8.24. The molecule has 0 aliphatic carbocycles. The van der Waals surface area contributed by atoms with Gasteiger partial charge in [-0.05, 0) is 37.5 Å². The van der Waals surface area contributed by atoms with Gasteiger partial charge in [-0.15, -0.1) is 0 Å². The van der Waals surface area contributed by atoms with E-state index in [4.69, 9.17) is 9.94 Å². The number of halogens is 3. The molecule has 0 amide bonds. The third-order valence-electron chi connectivity index (χ3n) is 3.52. The Bertz CT molecular complexity index is 780. The first-order valence-electron chi connectivity index (χ1n) is 8.24. The van der Waals surface area contributed by atoms with Gasteiger partial charge in [-0.2, -0.15) is 13.2 Å². The molecule has 1 aromatic heterocycles. The van der Waals surface area contributed by atoms with Crippen molar-refractivity contribution in [2.75, 3.05) is 6.61 Å². The fourth-order valence-corrected chi connectivity index (χ4v) is 2.22. The minimum Gasteiger partial charge on any atom is -0.481 e. The first kappa shape index (κ1) is 20.3. The highest BCUT2D eigenvalue weighted by Crippen LogP contribution is 2.30. The summed E-state index contributed by atoms with van der Waals surface area (Å²) < 4.78 is 38.9. The molecular formula is C18H18F3N3O3. The highest BCUT2D eigenvalue weighted by Gasteiger charge is 2.31. The zero-order valence-electron chi connectivity index (χ0n) is 14.3. The summed E-state index contributed by atoms with van der Waals surface area (Å²) in [5.41, 5.74) is -0.536. The van der Waals surface area contributed by atoms with Gasteiger partial charge in [-0.1, -0.05) is 17.3 Å². The van der Waals surface area contributed by atoms with E-state index in [0.29, 0.717) is 19.3 Å². The monoisotopic (exact) mass is 381 g/mol.